The van der Waals surface area contributed by atoms with Crippen LogP contribution in [0.25, 0.3) is 0 Å². The van der Waals surface area contributed by atoms with Gasteiger partial charge in [0.25, 0.3) is 0 Å². The number of benzene rings is 2. The summed E-state index contributed by atoms with van der Waals surface area (Å²) in [7, 11) is 6.30. The van der Waals surface area contributed by atoms with E-state index in [1.54, 1.807) is 19.2 Å². The summed E-state index contributed by atoms with van der Waals surface area (Å²) in [6, 6.07) is 7.74. The lowest BCUT2D eigenvalue weighted by molar-refractivity contribution is 0.0483. The molecule has 0 radical (unpaired) electrons. The highest BCUT2D eigenvalue weighted by Gasteiger charge is 2.23. The molecular weight excluding hydrogens is 434 g/mol. The quantitative estimate of drug-likeness (QED) is 0.365. The summed E-state index contributed by atoms with van der Waals surface area (Å²) in [5, 5.41) is 0. The SMILES string of the molecule is COc1cc(C(=O)OCCCN2CCCC(c3cc(C)c(OC)c(C)c3)C2)cc(OC)c1OC. The van der Waals surface area contributed by atoms with Crippen LogP contribution in [0.5, 0.6) is 23.0 Å². The highest BCUT2D eigenvalue weighted by atomic mass is 16.5. The molecule has 1 unspecified atom stereocenters. The van der Waals surface area contributed by atoms with Crippen molar-refractivity contribution in [3.63, 3.8) is 0 Å². The van der Waals surface area contributed by atoms with Crippen LogP contribution in [-0.4, -0.2) is 65.5 Å². The van der Waals surface area contributed by atoms with Gasteiger partial charge in [-0.1, -0.05) is 12.1 Å². The predicted octanol–water partition coefficient (Wildman–Crippen LogP) is 4.76. The molecule has 0 aromatic heterocycles. The minimum absolute atomic E-state index is 0.359. The number of aryl methyl sites for hydroxylation is 2. The van der Waals surface area contributed by atoms with Crippen LogP contribution in [0.4, 0.5) is 0 Å². The zero-order valence-corrected chi connectivity index (χ0v) is 21.2. The summed E-state index contributed by atoms with van der Waals surface area (Å²) in [4.78, 5) is 15.1. The van der Waals surface area contributed by atoms with E-state index in [0.717, 1.165) is 31.8 Å². The van der Waals surface area contributed by atoms with Gasteiger partial charge >= 0.3 is 5.97 Å². The molecule has 2 aromatic carbocycles. The van der Waals surface area contributed by atoms with Gasteiger partial charge in [-0.2, -0.15) is 0 Å². The number of rotatable bonds is 10. The number of carbonyl (C=O) groups excluding carboxylic acids is 1. The molecule has 7 nitrogen and oxygen atoms in total. The fourth-order valence-corrected chi connectivity index (χ4v) is 4.81. The van der Waals surface area contributed by atoms with Crippen molar-refractivity contribution in [2.45, 2.75) is 39.0 Å². The number of nitrogens with zero attached hydrogens (tertiary/aromatic N) is 1. The molecule has 0 N–H and O–H groups in total. The van der Waals surface area contributed by atoms with Crippen LogP contribution < -0.4 is 18.9 Å². The molecular formula is C27H37NO6. The van der Waals surface area contributed by atoms with Crippen molar-refractivity contribution in [1.29, 1.82) is 0 Å². The Kier molecular flexibility index (Phi) is 9.05. The van der Waals surface area contributed by atoms with E-state index in [2.05, 4.69) is 30.9 Å². The third-order valence-corrected chi connectivity index (χ3v) is 6.42. The zero-order valence-electron chi connectivity index (χ0n) is 21.2. The number of likely N-dealkylation sites (tertiary alicyclic amines) is 1. The molecule has 1 atom stereocenters. The van der Waals surface area contributed by atoms with E-state index < -0.39 is 5.97 Å². The Hall–Kier alpha value is -2.93. The van der Waals surface area contributed by atoms with Crippen molar-refractivity contribution in [2.24, 2.45) is 0 Å². The van der Waals surface area contributed by atoms with E-state index in [9.17, 15) is 4.79 Å². The molecule has 7 heteroatoms. The van der Waals surface area contributed by atoms with Crippen molar-refractivity contribution in [3.05, 3.63) is 46.5 Å². The first-order valence-electron chi connectivity index (χ1n) is 11.8. The summed E-state index contributed by atoms with van der Waals surface area (Å²) < 4.78 is 27.0. The molecule has 0 saturated carbocycles. The second-order valence-corrected chi connectivity index (χ2v) is 8.73. The molecule has 1 heterocycles. The fraction of sp³-hybridized carbons (Fsp3) is 0.519. The first-order valence-corrected chi connectivity index (χ1v) is 11.8. The highest BCUT2D eigenvalue weighted by molar-refractivity contribution is 5.91. The van der Waals surface area contributed by atoms with Gasteiger partial charge in [0.1, 0.15) is 5.75 Å². The summed E-state index contributed by atoms with van der Waals surface area (Å²) in [6.45, 7) is 7.57. The van der Waals surface area contributed by atoms with E-state index in [1.807, 2.05) is 0 Å². The van der Waals surface area contributed by atoms with Crippen molar-refractivity contribution >= 4 is 5.97 Å². The Balaban J connectivity index is 1.53. The zero-order chi connectivity index (χ0) is 24.7. The van der Waals surface area contributed by atoms with Gasteiger partial charge in [0.2, 0.25) is 5.75 Å². The molecule has 0 spiro atoms. The summed E-state index contributed by atoms with van der Waals surface area (Å²) >= 11 is 0. The van der Waals surface area contributed by atoms with Crippen LogP contribution in [0.2, 0.25) is 0 Å². The van der Waals surface area contributed by atoms with E-state index in [1.165, 1.54) is 50.9 Å². The van der Waals surface area contributed by atoms with Gasteiger partial charge in [0.05, 0.1) is 40.6 Å². The Labute approximate surface area is 202 Å². The number of carbonyl (C=O) groups is 1. The van der Waals surface area contributed by atoms with Gasteiger partial charge in [-0.05, 0) is 74.4 Å². The molecule has 1 aliphatic heterocycles. The first-order chi connectivity index (χ1) is 16.4. The van der Waals surface area contributed by atoms with Crippen LogP contribution in [0.3, 0.4) is 0 Å². The first kappa shape index (κ1) is 25.7. The van der Waals surface area contributed by atoms with Crippen LogP contribution in [0.1, 0.15) is 52.2 Å². The maximum atomic E-state index is 12.6. The molecule has 1 saturated heterocycles. The number of methoxy groups -OCH3 is 4. The summed E-state index contributed by atoms with van der Waals surface area (Å²) in [6.07, 6.45) is 3.14. The summed E-state index contributed by atoms with van der Waals surface area (Å²) in [5.74, 6) is 2.39. The molecule has 2 aromatic rings. The maximum Gasteiger partial charge on any atom is 0.338 e. The molecule has 1 aliphatic rings. The lowest BCUT2D eigenvalue weighted by Gasteiger charge is -2.33. The minimum atomic E-state index is -0.403. The largest absolute Gasteiger partial charge is 0.496 e. The molecule has 1 fully saturated rings. The van der Waals surface area contributed by atoms with Crippen LogP contribution in [0, 0.1) is 13.8 Å². The van der Waals surface area contributed by atoms with Crippen molar-refractivity contribution in [1.82, 2.24) is 4.90 Å². The maximum absolute atomic E-state index is 12.6. The van der Waals surface area contributed by atoms with Gasteiger partial charge in [-0.15, -0.1) is 0 Å². The van der Waals surface area contributed by atoms with Gasteiger partial charge in [-0.25, -0.2) is 4.79 Å². The molecule has 0 aliphatic carbocycles. The van der Waals surface area contributed by atoms with E-state index in [4.69, 9.17) is 23.7 Å². The number of ether oxygens (including phenoxy) is 5. The molecule has 0 bridgehead atoms. The molecule has 186 valence electrons. The lowest BCUT2D eigenvalue weighted by atomic mass is 9.88. The van der Waals surface area contributed by atoms with Crippen LogP contribution >= 0.6 is 0 Å². The smallest absolute Gasteiger partial charge is 0.338 e. The Morgan fingerprint density at radius 2 is 1.53 bits per heavy atom. The van der Waals surface area contributed by atoms with E-state index in [-0.39, 0.29) is 0 Å². The molecule has 3 rings (SSSR count). The topological polar surface area (TPSA) is 66.5 Å². The predicted molar refractivity (Wildman–Crippen MR) is 132 cm³/mol. The fourth-order valence-electron chi connectivity index (χ4n) is 4.81. The Morgan fingerprint density at radius 1 is 0.912 bits per heavy atom. The second kappa shape index (κ2) is 12.0. The van der Waals surface area contributed by atoms with Crippen molar-refractivity contribution in [3.8, 4) is 23.0 Å². The molecule has 0 amide bonds. The van der Waals surface area contributed by atoms with Gasteiger partial charge in [0, 0.05) is 13.1 Å². The Bertz CT molecular complexity index is 941. The number of piperidine rings is 1. The monoisotopic (exact) mass is 471 g/mol. The highest BCUT2D eigenvalue weighted by Crippen LogP contribution is 2.38. The standard InChI is InChI=1S/C27H37NO6/c1-18-13-21(14-19(2)25(18)32-5)20-9-7-10-28(17-20)11-8-12-34-27(29)22-15-23(30-3)26(33-6)24(16-22)31-4/h13-16,20H,7-12,17H2,1-6H3. The van der Waals surface area contributed by atoms with Crippen LogP contribution in [0.15, 0.2) is 24.3 Å². The molecule has 34 heavy (non-hydrogen) atoms. The number of hydrogen-bond donors (Lipinski definition) is 0. The van der Waals surface area contributed by atoms with Gasteiger partial charge < -0.3 is 28.6 Å². The Morgan fingerprint density at radius 3 is 2.09 bits per heavy atom. The van der Waals surface area contributed by atoms with Crippen molar-refractivity contribution < 1.29 is 28.5 Å². The van der Waals surface area contributed by atoms with Gasteiger partial charge in [0.15, 0.2) is 11.5 Å². The third-order valence-electron chi connectivity index (χ3n) is 6.42. The van der Waals surface area contributed by atoms with Crippen molar-refractivity contribution in [2.75, 3.05) is 54.7 Å². The average Bonchev–Trinajstić information content (AvgIpc) is 2.85. The van der Waals surface area contributed by atoms with Gasteiger partial charge in [-0.3, -0.25) is 0 Å². The minimum Gasteiger partial charge on any atom is -0.496 e. The van der Waals surface area contributed by atoms with Crippen LogP contribution in [-0.2, 0) is 4.74 Å². The normalized spacial score (nSPS) is 16.1. The van der Waals surface area contributed by atoms with E-state index >= 15 is 0 Å². The number of hydrogen-bond acceptors (Lipinski definition) is 7. The third kappa shape index (κ3) is 5.95. The average molecular weight is 472 g/mol. The van der Waals surface area contributed by atoms with E-state index in [0.29, 0.717) is 35.3 Å². The summed E-state index contributed by atoms with van der Waals surface area (Å²) in [5.41, 5.74) is 4.13. The second-order valence-electron chi connectivity index (χ2n) is 8.73. The lowest BCUT2D eigenvalue weighted by Crippen LogP contribution is -2.35. The number of esters is 1.